The van der Waals surface area contributed by atoms with Crippen LogP contribution in [0.4, 0.5) is 0 Å². The number of aliphatic hydroxyl groups excluding tert-OH is 1. The summed E-state index contributed by atoms with van der Waals surface area (Å²) in [5, 5.41) is 10.8. The number of aliphatic hydroxyl groups is 1. The van der Waals surface area contributed by atoms with Gasteiger partial charge in [0.15, 0.2) is 11.5 Å². The van der Waals surface area contributed by atoms with E-state index in [9.17, 15) is 14.7 Å². The normalized spacial score (nSPS) is 18.4. The van der Waals surface area contributed by atoms with Gasteiger partial charge in [0.2, 0.25) is 0 Å². The van der Waals surface area contributed by atoms with Crippen LogP contribution in [0.1, 0.15) is 17.2 Å². The minimum atomic E-state index is -0.774. The van der Waals surface area contributed by atoms with Gasteiger partial charge < -0.3 is 25.2 Å². The zero-order valence-corrected chi connectivity index (χ0v) is 15.7. The van der Waals surface area contributed by atoms with Crippen molar-refractivity contribution in [2.45, 2.75) is 6.04 Å². The Labute approximate surface area is 163 Å². The second kappa shape index (κ2) is 8.14. The third-order valence-corrected chi connectivity index (χ3v) is 4.68. The molecule has 1 saturated heterocycles. The number of carbonyl (C=O) groups excluding carboxylic acids is 2. The molecule has 28 heavy (non-hydrogen) atoms. The predicted octanol–water partition coefficient (Wildman–Crippen LogP) is 2.08. The van der Waals surface area contributed by atoms with Crippen molar-refractivity contribution in [2.24, 2.45) is 5.73 Å². The monoisotopic (exact) mass is 382 g/mol. The first-order valence-electron chi connectivity index (χ1n) is 8.79. The van der Waals surface area contributed by atoms with Crippen molar-refractivity contribution in [1.82, 2.24) is 4.90 Å². The Hall–Kier alpha value is -3.32. The Morgan fingerprint density at radius 3 is 2.36 bits per heavy atom. The summed E-state index contributed by atoms with van der Waals surface area (Å²) in [6, 6.07) is 13.0. The molecule has 0 spiro atoms. The van der Waals surface area contributed by atoms with Crippen molar-refractivity contribution >= 4 is 17.4 Å². The third kappa shape index (κ3) is 3.32. The number of methoxy groups -OCH3 is 2. The SMILES string of the molecule is COc1ccc([C@H]2/C(=C(\O)c3ccccc3)C(=O)C(=O)N2CCN)cc1OC. The van der Waals surface area contributed by atoms with E-state index < -0.39 is 17.7 Å². The molecular weight excluding hydrogens is 360 g/mol. The van der Waals surface area contributed by atoms with Crippen molar-refractivity contribution in [3.8, 4) is 11.5 Å². The summed E-state index contributed by atoms with van der Waals surface area (Å²) in [4.78, 5) is 26.8. The first kappa shape index (κ1) is 19.4. The fraction of sp³-hybridized carbons (Fsp3) is 0.238. The van der Waals surface area contributed by atoms with E-state index in [4.69, 9.17) is 15.2 Å². The minimum absolute atomic E-state index is 0.0249. The summed E-state index contributed by atoms with van der Waals surface area (Å²) < 4.78 is 10.6. The standard InChI is InChI=1S/C21H22N2O5/c1-27-15-9-8-14(12-16(15)28-2)18-17(19(24)13-6-4-3-5-7-13)20(25)21(26)23(18)11-10-22/h3-9,12,18,24H,10-11,22H2,1-2H3/b19-17+/t18-/m0/s1. The van der Waals surface area contributed by atoms with Gasteiger partial charge in [-0.05, 0) is 17.7 Å². The van der Waals surface area contributed by atoms with Gasteiger partial charge in [0.1, 0.15) is 5.76 Å². The Kier molecular flexibility index (Phi) is 5.65. The number of ether oxygens (including phenoxy) is 2. The van der Waals surface area contributed by atoms with Crippen LogP contribution in [0.5, 0.6) is 11.5 Å². The molecule has 0 aromatic heterocycles. The lowest BCUT2D eigenvalue weighted by Crippen LogP contribution is -2.34. The Morgan fingerprint density at radius 2 is 1.75 bits per heavy atom. The zero-order chi connectivity index (χ0) is 20.3. The molecule has 2 aromatic carbocycles. The van der Waals surface area contributed by atoms with Gasteiger partial charge in [-0.15, -0.1) is 0 Å². The van der Waals surface area contributed by atoms with Crippen LogP contribution in [-0.4, -0.2) is 49.0 Å². The van der Waals surface area contributed by atoms with E-state index in [0.717, 1.165) is 0 Å². The van der Waals surface area contributed by atoms with Crippen molar-refractivity contribution in [3.05, 3.63) is 65.2 Å². The maximum absolute atomic E-state index is 12.8. The molecule has 0 radical (unpaired) electrons. The molecular formula is C21H22N2O5. The summed E-state index contributed by atoms with van der Waals surface area (Å²) in [6.45, 7) is 0.358. The van der Waals surface area contributed by atoms with Crippen molar-refractivity contribution in [3.63, 3.8) is 0 Å². The number of Topliss-reactive ketones (excluding diaryl/α,β-unsaturated/α-hetero) is 1. The first-order chi connectivity index (χ1) is 13.5. The molecule has 0 aliphatic carbocycles. The lowest BCUT2D eigenvalue weighted by atomic mass is 9.95. The second-order valence-corrected chi connectivity index (χ2v) is 6.26. The van der Waals surface area contributed by atoms with Crippen molar-refractivity contribution in [1.29, 1.82) is 0 Å². The topological polar surface area (TPSA) is 102 Å². The van der Waals surface area contributed by atoms with Crippen molar-refractivity contribution in [2.75, 3.05) is 27.3 Å². The Morgan fingerprint density at radius 1 is 1.07 bits per heavy atom. The van der Waals surface area contributed by atoms with Crippen LogP contribution >= 0.6 is 0 Å². The zero-order valence-electron chi connectivity index (χ0n) is 15.7. The van der Waals surface area contributed by atoms with E-state index >= 15 is 0 Å². The molecule has 3 rings (SSSR count). The van der Waals surface area contributed by atoms with Gasteiger partial charge in [0.25, 0.3) is 11.7 Å². The third-order valence-electron chi connectivity index (χ3n) is 4.68. The molecule has 1 amide bonds. The summed E-state index contributed by atoms with van der Waals surface area (Å²) in [7, 11) is 3.02. The lowest BCUT2D eigenvalue weighted by Gasteiger charge is -2.25. The van der Waals surface area contributed by atoms with E-state index in [0.29, 0.717) is 22.6 Å². The van der Waals surface area contributed by atoms with Crippen LogP contribution in [0.15, 0.2) is 54.1 Å². The Bertz CT molecular complexity index is 924. The molecule has 1 aliphatic heterocycles. The summed E-state index contributed by atoms with van der Waals surface area (Å²) in [5.41, 5.74) is 6.76. The Balaban J connectivity index is 2.20. The molecule has 0 unspecified atom stereocenters. The number of nitrogens with zero attached hydrogens (tertiary/aromatic N) is 1. The number of carbonyl (C=O) groups is 2. The predicted molar refractivity (Wildman–Crippen MR) is 104 cm³/mol. The number of likely N-dealkylation sites (tertiary alicyclic amines) is 1. The number of nitrogens with two attached hydrogens (primary N) is 1. The molecule has 146 valence electrons. The lowest BCUT2D eigenvalue weighted by molar-refractivity contribution is -0.139. The summed E-state index contributed by atoms with van der Waals surface area (Å²) in [5.74, 6) is -0.682. The average Bonchev–Trinajstić information content (AvgIpc) is 2.98. The van der Waals surface area contributed by atoms with E-state index in [2.05, 4.69) is 0 Å². The van der Waals surface area contributed by atoms with Gasteiger partial charge in [0, 0.05) is 18.7 Å². The molecule has 0 bridgehead atoms. The maximum Gasteiger partial charge on any atom is 0.295 e. The molecule has 2 aromatic rings. The molecule has 1 fully saturated rings. The fourth-order valence-corrected chi connectivity index (χ4v) is 3.37. The van der Waals surface area contributed by atoms with Crippen LogP contribution in [0.25, 0.3) is 5.76 Å². The molecule has 3 N–H and O–H groups in total. The number of hydrogen-bond donors (Lipinski definition) is 2. The van der Waals surface area contributed by atoms with Gasteiger partial charge in [0.05, 0.1) is 25.8 Å². The van der Waals surface area contributed by atoms with Gasteiger partial charge in [-0.3, -0.25) is 9.59 Å². The molecule has 1 heterocycles. The largest absolute Gasteiger partial charge is 0.507 e. The molecule has 7 heteroatoms. The van der Waals surface area contributed by atoms with Gasteiger partial charge >= 0.3 is 0 Å². The average molecular weight is 382 g/mol. The van der Waals surface area contributed by atoms with E-state index in [1.807, 2.05) is 0 Å². The molecule has 0 saturated carbocycles. The van der Waals surface area contributed by atoms with E-state index in [1.54, 1.807) is 48.5 Å². The number of ketones is 1. The molecule has 1 atom stereocenters. The van der Waals surface area contributed by atoms with E-state index in [-0.39, 0.29) is 24.4 Å². The minimum Gasteiger partial charge on any atom is -0.507 e. The summed E-state index contributed by atoms with van der Waals surface area (Å²) in [6.07, 6.45) is 0. The maximum atomic E-state index is 12.8. The van der Waals surface area contributed by atoms with Gasteiger partial charge in [-0.2, -0.15) is 0 Å². The highest BCUT2D eigenvalue weighted by atomic mass is 16.5. The molecule has 1 aliphatic rings. The van der Waals surface area contributed by atoms with Crippen LogP contribution in [0.3, 0.4) is 0 Å². The number of hydrogen-bond acceptors (Lipinski definition) is 6. The van der Waals surface area contributed by atoms with Gasteiger partial charge in [-0.1, -0.05) is 36.4 Å². The van der Waals surface area contributed by atoms with E-state index in [1.165, 1.54) is 19.1 Å². The van der Waals surface area contributed by atoms with Gasteiger partial charge in [-0.25, -0.2) is 0 Å². The first-order valence-corrected chi connectivity index (χ1v) is 8.79. The second-order valence-electron chi connectivity index (χ2n) is 6.26. The fourth-order valence-electron chi connectivity index (χ4n) is 3.37. The quantitative estimate of drug-likeness (QED) is 0.451. The number of amides is 1. The van der Waals surface area contributed by atoms with Crippen LogP contribution in [-0.2, 0) is 9.59 Å². The highest BCUT2D eigenvalue weighted by Crippen LogP contribution is 2.41. The molecule has 7 nitrogen and oxygen atoms in total. The highest BCUT2D eigenvalue weighted by molar-refractivity contribution is 6.46. The highest BCUT2D eigenvalue weighted by Gasteiger charge is 2.45. The van der Waals surface area contributed by atoms with Crippen LogP contribution in [0, 0.1) is 0 Å². The number of benzene rings is 2. The smallest absolute Gasteiger partial charge is 0.295 e. The number of rotatable bonds is 6. The van der Waals surface area contributed by atoms with Crippen LogP contribution < -0.4 is 15.2 Å². The van der Waals surface area contributed by atoms with Crippen molar-refractivity contribution < 1.29 is 24.2 Å². The van der Waals surface area contributed by atoms with Crippen LogP contribution in [0.2, 0.25) is 0 Å². The summed E-state index contributed by atoms with van der Waals surface area (Å²) >= 11 is 0.